The molecule has 0 radical (unpaired) electrons. The van der Waals surface area contributed by atoms with Crippen LogP contribution in [0.15, 0.2) is 206 Å². The molecule has 0 unspecified atom stereocenters. The summed E-state index contributed by atoms with van der Waals surface area (Å²) in [5.41, 5.74) is 14.6. The number of fused-ring (bicyclic) bond motifs is 7. The molecular formula is C57H43NS. The zero-order chi connectivity index (χ0) is 39.7. The highest BCUT2D eigenvalue weighted by Crippen LogP contribution is 2.53. The minimum Gasteiger partial charge on any atom is -0.310 e. The van der Waals surface area contributed by atoms with Crippen molar-refractivity contribution in [2.45, 2.75) is 31.6 Å². The Morgan fingerprint density at radius 1 is 0.441 bits per heavy atom. The van der Waals surface area contributed by atoms with Crippen LogP contribution >= 0.6 is 11.3 Å². The first-order valence-electron chi connectivity index (χ1n) is 20.6. The number of nitrogens with zero attached hydrogens (tertiary/aromatic N) is 1. The van der Waals surface area contributed by atoms with Gasteiger partial charge in [0.2, 0.25) is 0 Å². The molecule has 1 aliphatic carbocycles. The molecule has 59 heavy (non-hydrogen) atoms. The molecule has 1 nitrogen and oxygen atoms in total. The predicted octanol–water partition coefficient (Wildman–Crippen LogP) is 16.0. The van der Waals surface area contributed by atoms with Gasteiger partial charge in [-0.25, -0.2) is 0 Å². The Kier molecular flexibility index (Phi) is 8.22. The summed E-state index contributed by atoms with van der Waals surface area (Å²) in [4.78, 5) is 2.51. The normalized spacial score (nSPS) is 13.1. The van der Waals surface area contributed by atoms with Crippen molar-refractivity contribution < 1.29 is 0 Å². The van der Waals surface area contributed by atoms with E-state index in [0.717, 1.165) is 17.1 Å². The highest BCUT2D eigenvalue weighted by molar-refractivity contribution is 7.26. The first-order valence-corrected chi connectivity index (χ1v) is 21.4. The number of anilines is 3. The van der Waals surface area contributed by atoms with Gasteiger partial charge in [-0.2, -0.15) is 0 Å². The van der Waals surface area contributed by atoms with Gasteiger partial charge in [-0.05, 0) is 93.0 Å². The summed E-state index contributed by atoms with van der Waals surface area (Å²) in [5.74, 6) is 0. The van der Waals surface area contributed by atoms with E-state index in [-0.39, 0.29) is 10.8 Å². The Hall–Kier alpha value is -6.74. The van der Waals surface area contributed by atoms with Crippen LogP contribution in [0.4, 0.5) is 17.1 Å². The Balaban J connectivity index is 1.17. The van der Waals surface area contributed by atoms with Gasteiger partial charge in [-0.15, -0.1) is 11.3 Å². The average Bonchev–Trinajstić information content (AvgIpc) is 3.79. The van der Waals surface area contributed by atoms with Crippen molar-refractivity contribution in [3.63, 3.8) is 0 Å². The van der Waals surface area contributed by atoms with E-state index in [4.69, 9.17) is 0 Å². The predicted molar refractivity (Wildman–Crippen MR) is 253 cm³/mol. The Morgan fingerprint density at radius 3 is 1.78 bits per heavy atom. The summed E-state index contributed by atoms with van der Waals surface area (Å²) in [5, 5.41) is 5.08. The minimum atomic E-state index is -0.348. The van der Waals surface area contributed by atoms with Crippen molar-refractivity contribution in [3.8, 4) is 22.3 Å². The smallest absolute Gasteiger partial charge is 0.0547 e. The maximum absolute atomic E-state index is 2.51. The molecule has 282 valence electrons. The molecule has 0 N–H and O–H groups in total. The second-order valence-corrected chi connectivity index (χ2v) is 17.7. The molecule has 0 bridgehead atoms. The third-order valence-corrected chi connectivity index (χ3v) is 14.3. The molecule has 0 aliphatic heterocycles. The lowest BCUT2D eigenvalue weighted by Gasteiger charge is -2.33. The molecule has 2 heteroatoms. The molecule has 10 aromatic rings. The molecule has 0 fully saturated rings. The largest absolute Gasteiger partial charge is 0.310 e. The summed E-state index contributed by atoms with van der Waals surface area (Å²) in [6.07, 6.45) is 0. The summed E-state index contributed by atoms with van der Waals surface area (Å²) in [6.45, 7) is 7.08. The summed E-state index contributed by atoms with van der Waals surface area (Å²) < 4.78 is 2.62. The Bertz CT molecular complexity index is 3150. The standard InChI is InChI=1S/C57H43NS/c1-56(2)50-27-14-12-23-45(50)49-37-43(34-35-51(49)56)58(42-32-30-41(31-33-42)57(3,39-18-6-4-7-19-39)40-20-8-5-9-21-40)52-36-29-38-17-10-11-22-44(38)54(52)48-26-16-25-47-46-24-13-15-28-53(46)59-55(47)48/h4-37H,1-3H3. The van der Waals surface area contributed by atoms with Gasteiger partial charge in [-0.1, -0.05) is 184 Å². The fourth-order valence-electron chi connectivity index (χ4n) is 9.93. The molecule has 9 aromatic carbocycles. The number of benzene rings is 9. The van der Waals surface area contributed by atoms with Gasteiger partial charge in [0.25, 0.3) is 0 Å². The van der Waals surface area contributed by atoms with Crippen LogP contribution in [0.5, 0.6) is 0 Å². The van der Waals surface area contributed by atoms with E-state index < -0.39 is 0 Å². The van der Waals surface area contributed by atoms with Gasteiger partial charge in [0.05, 0.1) is 5.69 Å². The van der Waals surface area contributed by atoms with Crippen LogP contribution in [0, 0.1) is 0 Å². The quantitative estimate of drug-likeness (QED) is 0.146. The number of hydrogen-bond donors (Lipinski definition) is 0. The molecule has 1 aromatic heterocycles. The van der Waals surface area contributed by atoms with Crippen molar-refractivity contribution in [1.82, 2.24) is 0 Å². The molecule has 1 aliphatic rings. The van der Waals surface area contributed by atoms with Gasteiger partial charge in [0.1, 0.15) is 0 Å². The highest BCUT2D eigenvalue weighted by Gasteiger charge is 2.36. The lowest BCUT2D eigenvalue weighted by molar-refractivity contribution is 0.660. The Morgan fingerprint density at radius 2 is 1.02 bits per heavy atom. The third-order valence-electron chi connectivity index (χ3n) is 13.1. The fraction of sp³-hybridized carbons (Fsp3) is 0.0877. The van der Waals surface area contributed by atoms with E-state index in [1.54, 1.807) is 0 Å². The Labute approximate surface area is 350 Å². The van der Waals surface area contributed by atoms with E-state index >= 15 is 0 Å². The maximum Gasteiger partial charge on any atom is 0.0547 e. The van der Waals surface area contributed by atoms with Gasteiger partial charge in [-0.3, -0.25) is 0 Å². The second-order valence-electron chi connectivity index (χ2n) is 16.6. The second kappa shape index (κ2) is 13.7. The number of rotatable bonds is 7. The maximum atomic E-state index is 2.51. The van der Waals surface area contributed by atoms with E-state index in [1.807, 2.05) is 11.3 Å². The molecule has 0 spiro atoms. The molecule has 11 rings (SSSR count). The van der Waals surface area contributed by atoms with Crippen molar-refractivity contribution >= 4 is 59.3 Å². The molecular weight excluding hydrogens is 731 g/mol. The monoisotopic (exact) mass is 773 g/mol. The lowest BCUT2D eigenvalue weighted by atomic mass is 9.71. The summed E-state index contributed by atoms with van der Waals surface area (Å²) >= 11 is 1.89. The molecule has 1 heterocycles. The van der Waals surface area contributed by atoms with Crippen molar-refractivity contribution in [2.75, 3.05) is 4.90 Å². The van der Waals surface area contributed by atoms with Crippen LogP contribution in [0.1, 0.15) is 48.6 Å². The topological polar surface area (TPSA) is 3.24 Å². The van der Waals surface area contributed by atoms with E-state index in [9.17, 15) is 0 Å². The SMILES string of the molecule is CC1(C)c2ccccc2-c2cc(N(c3ccc(C(C)(c4ccccc4)c4ccccc4)cc3)c3ccc4ccccc4c3-c3cccc4c3sc3ccccc34)ccc21. The average molecular weight is 774 g/mol. The third kappa shape index (κ3) is 5.51. The van der Waals surface area contributed by atoms with Crippen LogP contribution in [0.3, 0.4) is 0 Å². The molecule has 0 saturated carbocycles. The molecule has 0 atom stereocenters. The van der Waals surface area contributed by atoms with Gasteiger partial charge in [0.15, 0.2) is 0 Å². The van der Waals surface area contributed by atoms with Gasteiger partial charge < -0.3 is 4.90 Å². The zero-order valence-electron chi connectivity index (χ0n) is 33.5. The number of hydrogen-bond acceptors (Lipinski definition) is 2. The minimum absolute atomic E-state index is 0.0821. The molecule has 0 amide bonds. The van der Waals surface area contributed by atoms with E-state index in [1.165, 1.54) is 81.0 Å². The van der Waals surface area contributed by atoms with Crippen molar-refractivity contribution in [3.05, 3.63) is 234 Å². The van der Waals surface area contributed by atoms with Crippen LogP contribution in [-0.2, 0) is 10.8 Å². The molecule has 0 saturated heterocycles. The lowest BCUT2D eigenvalue weighted by Crippen LogP contribution is -2.25. The van der Waals surface area contributed by atoms with Gasteiger partial charge in [0, 0.05) is 53.5 Å². The van der Waals surface area contributed by atoms with Gasteiger partial charge >= 0.3 is 0 Å². The van der Waals surface area contributed by atoms with E-state index in [2.05, 4.69) is 232 Å². The van der Waals surface area contributed by atoms with Crippen molar-refractivity contribution in [2.24, 2.45) is 0 Å². The van der Waals surface area contributed by atoms with Crippen LogP contribution in [-0.4, -0.2) is 0 Å². The van der Waals surface area contributed by atoms with Crippen LogP contribution < -0.4 is 4.90 Å². The van der Waals surface area contributed by atoms with Crippen LogP contribution in [0.2, 0.25) is 0 Å². The first kappa shape index (κ1) is 35.4. The summed E-state index contributed by atoms with van der Waals surface area (Å²) in [7, 11) is 0. The fourth-order valence-corrected chi connectivity index (χ4v) is 11.2. The highest BCUT2D eigenvalue weighted by atomic mass is 32.1. The van der Waals surface area contributed by atoms with E-state index in [0.29, 0.717) is 0 Å². The zero-order valence-corrected chi connectivity index (χ0v) is 34.3. The number of thiophene rings is 1. The van der Waals surface area contributed by atoms with Crippen molar-refractivity contribution in [1.29, 1.82) is 0 Å². The van der Waals surface area contributed by atoms with Crippen LogP contribution in [0.25, 0.3) is 53.2 Å². The summed E-state index contributed by atoms with van der Waals surface area (Å²) in [6, 6.07) is 76.5. The first-order chi connectivity index (χ1) is 28.9.